The van der Waals surface area contributed by atoms with Gasteiger partial charge >= 0.3 is 6.09 Å². The first-order chi connectivity index (χ1) is 11.5. The first-order valence-corrected chi connectivity index (χ1v) is 8.33. The zero-order valence-corrected chi connectivity index (χ0v) is 15.2. The quantitative estimate of drug-likeness (QED) is 0.743. The normalized spacial score (nSPS) is 20.2. The number of carbonyl (C=O) groups excluding carboxylic acids is 1. The van der Waals surface area contributed by atoms with Crippen molar-refractivity contribution in [3.05, 3.63) is 22.8 Å². The maximum absolute atomic E-state index is 11.7. The fourth-order valence-electron chi connectivity index (χ4n) is 2.81. The molecule has 0 radical (unpaired) electrons. The van der Waals surface area contributed by atoms with E-state index in [9.17, 15) is 4.79 Å². The van der Waals surface area contributed by atoms with Gasteiger partial charge in [-0.15, -0.1) is 0 Å². The number of hydrogen-bond acceptors (Lipinski definition) is 6. The van der Waals surface area contributed by atoms with Gasteiger partial charge in [0.05, 0.1) is 31.8 Å². The van der Waals surface area contributed by atoms with Gasteiger partial charge in [0.25, 0.3) is 0 Å². The number of nitrogens with zero attached hydrogens (tertiary/aromatic N) is 3. The molecule has 3 rings (SSSR count). The van der Waals surface area contributed by atoms with Crippen molar-refractivity contribution in [3.8, 4) is 11.6 Å². The van der Waals surface area contributed by atoms with Gasteiger partial charge in [-0.2, -0.15) is 0 Å². The molecule has 1 aliphatic heterocycles. The van der Waals surface area contributed by atoms with Crippen molar-refractivity contribution in [2.75, 3.05) is 20.8 Å². The van der Waals surface area contributed by atoms with Crippen molar-refractivity contribution in [1.29, 1.82) is 0 Å². The van der Waals surface area contributed by atoms with E-state index in [0.29, 0.717) is 28.3 Å². The van der Waals surface area contributed by atoms with E-state index in [1.807, 2.05) is 19.1 Å². The SMILES string of the molecule is COC(=O)N1C[C@H](Oc2cc3nc(OC)ccc3nc2Br)C[C@H]1C. The summed E-state index contributed by atoms with van der Waals surface area (Å²) >= 11 is 3.43. The molecule has 0 N–H and O–H groups in total. The van der Waals surface area contributed by atoms with Crippen molar-refractivity contribution in [2.24, 2.45) is 0 Å². The number of fused-ring (bicyclic) bond motifs is 1. The van der Waals surface area contributed by atoms with Gasteiger partial charge < -0.3 is 19.1 Å². The summed E-state index contributed by atoms with van der Waals surface area (Å²) in [6.45, 7) is 2.45. The van der Waals surface area contributed by atoms with Crippen LogP contribution >= 0.6 is 15.9 Å². The summed E-state index contributed by atoms with van der Waals surface area (Å²) in [5.74, 6) is 1.11. The Kier molecular flexibility index (Phi) is 4.75. The van der Waals surface area contributed by atoms with Crippen LogP contribution in [-0.4, -0.2) is 53.9 Å². The first-order valence-electron chi connectivity index (χ1n) is 7.54. The van der Waals surface area contributed by atoms with Crippen molar-refractivity contribution in [1.82, 2.24) is 14.9 Å². The summed E-state index contributed by atoms with van der Waals surface area (Å²) in [6, 6.07) is 5.48. The average molecular weight is 396 g/mol. The van der Waals surface area contributed by atoms with E-state index in [4.69, 9.17) is 14.2 Å². The third-order valence-corrected chi connectivity index (χ3v) is 4.58. The molecule has 1 fully saturated rings. The number of methoxy groups -OCH3 is 2. The van der Waals surface area contributed by atoms with Gasteiger partial charge in [-0.05, 0) is 28.9 Å². The molecule has 0 unspecified atom stereocenters. The van der Waals surface area contributed by atoms with E-state index in [2.05, 4.69) is 25.9 Å². The molecule has 1 aliphatic rings. The predicted molar refractivity (Wildman–Crippen MR) is 91.4 cm³/mol. The largest absolute Gasteiger partial charge is 0.486 e. The van der Waals surface area contributed by atoms with Crippen molar-refractivity contribution < 1.29 is 19.0 Å². The van der Waals surface area contributed by atoms with Crippen molar-refractivity contribution >= 4 is 33.1 Å². The Labute approximate surface area is 148 Å². The van der Waals surface area contributed by atoms with E-state index in [0.717, 1.165) is 11.9 Å². The van der Waals surface area contributed by atoms with Gasteiger partial charge in [0.2, 0.25) is 5.88 Å². The molecule has 24 heavy (non-hydrogen) atoms. The molecular weight excluding hydrogens is 378 g/mol. The van der Waals surface area contributed by atoms with Crippen LogP contribution in [-0.2, 0) is 4.74 Å². The van der Waals surface area contributed by atoms with Gasteiger partial charge in [0, 0.05) is 24.6 Å². The molecule has 3 heterocycles. The summed E-state index contributed by atoms with van der Waals surface area (Å²) in [4.78, 5) is 22.2. The van der Waals surface area contributed by atoms with Gasteiger partial charge in [-0.1, -0.05) is 0 Å². The van der Waals surface area contributed by atoms with E-state index in [1.165, 1.54) is 7.11 Å². The Morgan fingerprint density at radius 1 is 1.29 bits per heavy atom. The smallest absolute Gasteiger partial charge is 0.409 e. The first kappa shape index (κ1) is 16.8. The number of rotatable bonds is 3. The minimum atomic E-state index is -0.337. The van der Waals surface area contributed by atoms with Gasteiger partial charge in [0.15, 0.2) is 5.75 Å². The number of likely N-dealkylation sites (tertiary alicyclic amines) is 1. The molecule has 2 aromatic heterocycles. The number of carbonyl (C=O) groups is 1. The highest BCUT2D eigenvalue weighted by Crippen LogP contribution is 2.31. The highest BCUT2D eigenvalue weighted by atomic mass is 79.9. The fourth-order valence-corrected chi connectivity index (χ4v) is 3.21. The number of amides is 1. The van der Waals surface area contributed by atoms with Crippen LogP contribution < -0.4 is 9.47 Å². The maximum Gasteiger partial charge on any atom is 0.409 e. The molecule has 0 spiro atoms. The molecule has 1 amide bonds. The van der Waals surface area contributed by atoms with Crippen LogP contribution in [0.25, 0.3) is 11.0 Å². The average Bonchev–Trinajstić information content (AvgIpc) is 2.94. The lowest BCUT2D eigenvalue weighted by Crippen LogP contribution is -2.34. The third-order valence-electron chi connectivity index (χ3n) is 4.01. The number of pyridine rings is 2. The summed E-state index contributed by atoms with van der Waals surface area (Å²) in [6.07, 6.45) is 0.265. The highest BCUT2D eigenvalue weighted by Gasteiger charge is 2.34. The summed E-state index contributed by atoms with van der Waals surface area (Å²) in [5.41, 5.74) is 1.43. The second-order valence-electron chi connectivity index (χ2n) is 5.62. The molecule has 0 aromatic carbocycles. The van der Waals surface area contributed by atoms with Gasteiger partial charge in [0.1, 0.15) is 10.7 Å². The minimum Gasteiger partial charge on any atom is -0.486 e. The third kappa shape index (κ3) is 3.24. The van der Waals surface area contributed by atoms with Crippen LogP contribution in [0, 0.1) is 0 Å². The summed E-state index contributed by atoms with van der Waals surface area (Å²) in [5, 5.41) is 0. The lowest BCUT2D eigenvalue weighted by molar-refractivity contribution is 0.116. The molecule has 128 valence electrons. The van der Waals surface area contributed by atoms with Crippen LogP contribution in [0.3, 0.4) is 0 Å². The lowest BCUT2D eigenvalue weighted by atomic mass is 10.2. The fraction of sp³-hybridized carbons (Fsp3) is 0.438. The Morgan fingerprint density at radius 2 is 2.08 bits per heavy atom. The maximum atomic E-state index is 11.7. The lowest BCUT2D eigenvalue weighted by Gasteiger charge is -2.19. The topological polar surface area (TPSA) is 73.8 Å². The van der Waals surface area contributed by atoms with Gasteiger partial charge in [-0.3, -0.25) is 0 Å². The van der Waals surface area contributed by atoms with E-state index in [1.54, 1.807) is 18.1 Å². The van der Waals surface area contributed by atoms with Crippen LogP contribution in [0.15, 0.2) is 22.8 Å². The summed E-state index contributed by atoms with van der Waals surface area (Å²) in [7, 11) is 2.95. The molecule has 0 aliphatic carbocycles. The molecule has 2 atom stereocenters. The molecule has 2 aromatic rings. The Bertz CT molecular complexity index is 770. The molecule has 8 heteroatoms. The van der Waals surface area contributed by atoms with E-state index >= 15 is 0 Å². The Hall–Kier alpha value is -2.09. The second kappa shape index (κ2) is 6.80. The molecule has 1 saturated heterocycles. The van der Waals surface area contributed by atoms with Gasteiger partial charge in [-0.25, -0.2) is 14.8 Å². The molecule has 7 nitrogen and oxygen atoms in total. The number of ether oxygens (including phenoxy) is 3. The highest BCUT2D eigenvalue weighted by molar-refractivity contribution is 9.10. The number of aromatic nitrogens is 2. The van der Waals surface area contributed by atoms with E-state index < -0.39 is 0 Å². The van der Waals surface area contributed by atoms with Crippen LogP contribution in [0.1, 0.15) is 13.3 Å². The monoisotopic (exact) mass is 395 g/mol. The predicted octanol–water partition coefficient (Wildman–Crippen LogP) is 3.01. The molecular formula is C16H18BrN3O4. The minimum absolute atomic E-state index is 0.0628. The van der Waals surface area contributed by atoms with E-state index in [-0.39, 0.29) is 18.2 Å². The summed E-state index contributed by atoms with van der Waals surface area (Å²) < 4.78 is 16.6. The van der Waals surface area contributed by atoms with Crippen LogP contribution in [0.5, 0.6) is 11.6 Å². The zero-order valence-electron chi connectivity index (χ0n) is 13.7. The Balaban J connectivity index is 1.82. The number of halogens is 1. The molecule has 0 saturated carbocycles. The van der Waals surface area contributed by atoms with Crippen molar-refractivity contribution in [2.45, 2.75) is 25.5 Å². The van der Waals surface area contributed by atoms with Crippen molar-refractivity contribution in [3.63, 3.8) is 0 Å². The van der Waals surface area contributed by atoms with Crippen LogP contribution in [0.4, 0.5) is 4.79 Å². The second-order valence-corrected chi connectivity index (χ2v) is 6.37. The number of hydrogen-bond donors (Lipinski definition) is 0. The molecule has 0 bridgehead atoms. The zero-order chi connectivity index (χ0) is 17.3. The Morgan fingerprint density at radius 3 is 2.79 bits per heavy atom. The van der Waals surface area contributed by atoms with Crippen LogP contribution in [0.2, 0.25) is 0 Å². The standard InChI is InChI=1S/C16H18BrN3O4/c1-9-6-10(8-20(9)16(21)23-3)24-13-7-12-11(19-15(13)17)4-5-14(18-12)22-2/h4-5,7,9-10H,6,8H2,1-3H3/t9-,10-/m1/s1.